The molecule has 3 heteroatoms. The number of likely N-dealkylation sites (N-methyl/N-ethyl adjacent to an activating group) is 1. The van der Waals surface area contributed by atoms with Crippen LogP contribution < -0.4 is 5.73 Å². The minimum absolute atomic E-state index is 0.137. The molecule has 2 atom stereocenters. The normalized spacial score (nSPS) is 15.3. The fourth-order valence-corrected chi connectivity index (χ4v) is 2.04. The first-order chi connectivity index (χ1) is 7.06. The summed E-state index contributed by atoms with van der Waals surface area (Å²) in [4.78, 5) is 2.14. The molecule has 0 saturated heterocycles. The maximum atomic E-state index is 6.12. The van der Waals surface area contributed by atoms with E-state index in [4.69, 9.17) is 17.3 Å². The van der Waals surface area contributed by atoms with Crippen molar-refractivity contribution in [2.24, 2.45) is 5.73 Å². The third kappa shape index (κ3) is 3.20. The molecule has 2 unspecified atom stereocenters. The van der Waals surface area contributed by atoms with Crippen LogP contribution in [0.2, 0.25) is 5.02 Å². The quantitative estimate of drug-likeness (QED) is 0.856. The van der Waals surface area contributed by atoms with Crippen molar-refractivity contribution in [3.05, 3.63) is 34.9 Å². The van der Waals surface area contributed by atoms with Crippen molar-refractivity contribution in [2.45, 2.75) is 25.4 Å². The summed E-state index contributed by atoms with van der Waals surface area (Å²) < 4.78 is 0. The van der Waals surface area contributed by atoms with Crippen LogP contribution in [0.1, 0.15) is 24.9 Å². The Morgan fingerprint density at radius 1 is 1.40 bits per heavy atom. The van der Waals surface area contributed by atoms with Gasteiger partial charge in [0.15, 0.2) is 0 Å². The lowest BCUT2D eigenvalue weighted by Gasteiger charge is -2.29. The van der Waals surface area contributed by atoms with Gasteiger partial charge in [-0.15, -0.1) is 0 Å². The van der Waals surface area contributed by atoms with Crippen LogP contribution in [-0.2, 0) is 0 Å². The van der Waals surface area contributed by atoms with E-state index in [9.17, 15) is 0 Å². The summed E-state index contributed by atoms with van der Waals surface area (Å²) in [5, 5.41) is 0.766. The zero-order valence-corrected chi connectivity index (χ0v) is 10.3. The maximum absolute atomic E-state index is 6.12. The zero-order valence-electron chi connectivity index (χ0n) is 9.57. The van der Waals surface area contributed by atoms with Gasteiger partial charge in [-0.2, -0.15) is 0 Å². The largest absolute Gasteiger partial charge is 0.326 e. The lowest BCUT2D eigenvalue weighted by atomic mass is 9.97. The van der Waals surface area contributed by atoms with Crippen molar-refractivity contribution in [1.82, 2.24) is 4.90 Å². The van der Waals surface area contributed by atoms with E-state index in [-0.39, 0.29) is 12.1 Å². The van der Waals surface area contributed by atoms with Crippen LogP contribution in [-0.4, -0.2) is 25.0 Å². The van der Waals surface area contributed by atoms with Gasteiger partial charge in [0.2, 0.25) is 0 Å². The summed E-state index contributed by atoms with van der Waals surface area (Å²) in [7, 11) is 4.09. The lowest BCUT2D eigenvalue weighted by Crippen LogP contribution is -2.36. The first-order valence-electron chi connectivity index (χ1n) is 5.23. The van der Waals surface area contributed by atoms with Crippen LogP contribution in [0, 0.1) is 0 Å². The third-order valence-electron chi connectivity index (χ3n) is 2.62. The van der Waals surface area contributed by atoms with Crippen LogP contribution >= 0.6 is 11.6 Å². The van der Waals surface area contributed by atoms with Crippen molar-refractivity contribution in [3.8, 4) is 0 Å². The molecule has 2 nitrogen and oxygen atoms in total. The van der Waals surface area contributed by atoms with Gasteiger partial charge < -0.3 is 10.6 Å². The Morgan fingerprint density at radius 2 is 2.07 bits per heavy atom. The van der Waals surface area contributed by atoms with Crippen LogP contribution in [0.3, 0.4) is 0 Å². The van der Waals surface area contributed by atoms with Crippen molar-refractivity contribution in [3.63, 3.8) is 0 Å². The molecule has 0 radical (unpaired) electrons. The maximum Gasteiger partial charge on any atom is 0.0494 e. The molecule has 0 saturated carbocycles. The summed E-state index contributed by atoms with van der Waals surface area (Å²) in [6.45, 7) is 2.10. The van der Waals surface area contributed by atoms with Crippen LogP contribution in [0.15, 0.2) is 24.3 Å². The summed E-state index contributed by atoms with van der Waals surface area (Å²) in [6.07, 6.45) is 0.954. The molecule has 0 fully saturated rings. The summed E-state index contributed by atoms with van der Waals surface area (Å²) >= 11 is 5.98. The van der Waals surface area contributed by atoms with Crippen molar-refractivity contribution < 1.29 is 0 Å². The van der Waals surface area contributed by atoms with Crippen LogP contribution in [0.4, 0.5) is 0 Å². The van der Waals surface area contributed by atoms with E-state index in [1.54, 1.807) is 0 Å². The third-order valence-corrected chi connectivity index (χ3v) is 2.86. The van der Waals surface area contributed by atoms with E-state index in [2.05, 4.69) is 17.9 Å². The van der Waals surface area contributed by atoms with Crippen LogP contribution in [0.5, 0.6) is 0 Å². The second-order valence-electron chi connectivity index (χ2n) is 4.04. The Kier molecular flexibility index (Phi) is 4.58. The number of hydrogen-bond donors (Lipinski definition) is 1. The van der Waals surface area contributed by atoms with Gasteiger partial charge in [0, 0.05) is 17.1 Å². The molecule has 1 aromatic carbocycles. The molecular formula is C12H19ClN2. The molecule has 0 amide bonds. The first kappa shape index (κ1) is 12.5. The topological polar surface area (TPSA) is 29.3 Å². The molecule has 1 rings (SSSR count). The number of hydrogen-bond acceptors (Lipinski definition) is 2. The number of halogens is 1. The molecule has 84 valence electrons. The fraction of sp³-hybridized carbons (Fsp3) is 0.500. The molecule has 0 aromatic heterocycles. The van der Waals surface area contributed by atoms with E-state index in [1.807, 2.05) is 32.3 Å². The van der Waals surface area contributed by atoms with Gasteiger partial charge in [-0.25, -0.2) is 0 Å². The van der Waals surface area contributed by atoms with E-state index < -0.39 is 0 Å². The van der Waals surface area contributed by atoms with Crippen molar-refractivity contribution in [2.75, 3.05) is 14.1 Å². The van der Waals surface area contributed by atoms with Gasteiger partial charge in [-0.3, -0.25) is 0 Å². The molecule has 2 N–H and O–H groups in total. The fourth-order valence-electron chi connectivity index (χ4n) is 1.84. The van der Waals surface area contributed by atoms with Gasteiger partial charge >= 0.3 is 0 Å². The Balaban J connectivity index is 2.99. The standard InChI is InChI=1S/C12H19ClN2/c1-4-11(14)12(15(2)3)9-6-5-7-10(13)8-9/h5-8,11-12H,4,14H2,1-3H3. The number of nitrogens with zero attached hydrogens (tertiary/aromatic N) is 1. The van der Waals surface area contributed by atoms with E-state index >= 15 is 0 Å². The Bertz CT molecular complexity index is 312. The van der Waals surface area contributed by atoms with Gasteiger partial charge in [0.05, 0.1) is 0 Å². The Morgan fingerprint density at radius 3 is 2.53 bits per heavy atom. The molecule has 15 heavy (non-hydrogen) atoms. The highest BCUT2D eigenvalue weighted by molar-refractivity contribution is 6.30. The average Bonchev–Trinajstić information content (AvgIpc) is 2.17. The lowest BCUT2D eigenvalue weighted by molar-refractivity contribution is 0.253. The van der Waals surface area contributed by atoms with E-state index in [0.29, 0.717) is 0 Å². The molecule has 1 aromatic rings. The molecule has 0 bridgehead atoms. The second-order valence-corrected chi connectivity index (χ2v) is 4.47. The zero-order chi connectivity index (χ0) is 11.4. The molecule has 0 aliphatic rings. The molecule has 0 spiro atoms. The summed E-state index contributed by atoms with van der Waals surface area (Å²) in [5.41, 5.74) is 7.30. The smallest absolute Gasteiger partial charge is 0.0494 e. The minimum atomic E-state index is 0.137. The van der Waals surface area contributed by atoms with Gasteiger partial charge in [-0.05, 0) is 38.2 Å². The molecule has 0 heterocycles. The highest BCUT2D eigenvalue weighted by atomic mass is 35.5. The minimum Gasteiger partial charge on any atom is -0.326 e. The highest BCUT2D eigenvalue weighted by Crippen LogP contribution is 2.24. The first-order valence-corrected chi connectivity index (χ1v) is 5.61. The monoisotopic (exact) mass is 226 g/mol. The van der Waals surface area contributed by atoms with Gasteiger partial charge in [-0.1, -0.05) is 30.7 Å². The van der Waals surface area contributed by atoms with Gasteiger partial charge in [0.25, 0.3) is 0 Å². The van der Waals surface area contributed by atoms with Crippen LogP contribution in [0.25, 0.3) is 0 Å². The summed E-state index contributed by atoms with van der Waals surface area (Å²) in [6, 6.07) is 8.28. The second kappa shape index (κ2) is 5.50. The SMILES string of the molecule is CCC(N)C(c1cccc(Cl)c1)N(C)C. The average molecular weight is 227 g/mol. The number of benzene rings is 1. The highest BCUT2D eigenvalue weighted by Gasteiger charge is 2.20. The molecule has 0 aliphatic heterocycles. The van der Waals surface area contributed by atoms with E-state index in [0.717, 1.165) is 11.4 Å². The summed E-state index contributed by atoms with van der Waals surface area (Å²) in [5.74, 6) is 0. The number of nitrogens with two attached hydrogens (primary N) is 1. The molecular weight excluding hydrogens is 208 g/mol. The number of rotatable bonds is 4. The Hall–Kier alpha value is -0.570. The van der Waals surface area contributed by atoms with Crippen molar-refractivity contribution in [1.29, 1.82) is 0 Å². The van der Waals surface area contributed by atoms with Crippen molar-refractivity contribution >= 4 is 11.6 Å². The predicted octanol–water partition coefficient (Wildman–Crippen LogP) is 2.68. The van der Waals surface area contributed by atoms with E-state index in [1.165, 1.54) is 5.56 Å². The van der Waals surface area contributed by atoms with Gasteiger partial charge in [0.1, 0.15) is 0 Å². The predicted molar refractivity (Wildman–Crippen MR) is 66.1 cm³/mol. The molecule has 0 aliphatic carbocycles. The Labute approximate surface area is 97.0 Å².